The number of carbonyl (C=O) groups is 1. The second-order valence-electron chi connectivity index (χ2n) is 7.51. The molecule has 0 bridgehead atoms. The Bertz CT molecular complexity index is 438. The van der Waals surface area contributed by atoms with Gasteiger partial charge in [-0.05, 0) is 48.0 Å². The van der Waals surface area contributed by atoms with Crippen LogP contribution in [0.3, 0.4) is 0 Å². The number of hydrogen-bond donors (Lipinski definition) is 1. The van der Waals surface area contributed by atoms with Crippen molar-refractivity contribution >= 4 is 6.09 Å². The Morgan fingerprint density at radius 2 is 1.86 bits per heavy atom. The van der Waals surface area contributed by atoms with Crippen molar-refractivity contribution in [1.29, 1.82) is 0 Å². The predicted octanol–water partition coefficient (Wildman–Crippen LogP) is 3.00. The van der Waals surface area contributed by atoms with Gasteiger partial charge in [0, 0.05) is 5.92 Å². The number of hydrogen-bond acceptors (Lipinski definition) is 4. The van der Waals surface area contributed by atoms with Crippen LogP contribution in [0.15, 0.2) is 12.2 Å². The summed E-state index contributed by atoms with van der Waals surface area (Å²) in [7, 11) is 0. The smallest absolute Gasteiger partial charge is 0.407 e. The molecule has 1 aliphatic carbocycles. The van der Waals surface area contributed by atoms with Gasteiger partial charge in [-0.25, -0.2) is 4.79 Å². The maximum Gasteiger partial charge on any atom is 0.407 e. The Morgan fingerprint density at radius 3 is 2.38 bits per heavy atom. The van der Waals surface area contributed by atoms with Gasteiger partial charge in [0.15, 0.2) is 5.79 Å². The van der Waals surface area contributed by atoms with Gasteiger partial charge in [0.05, 0.1) is 12.1 Å². The van der Waals surface area contributed by atoms with Gasteiger partial charge < -0.3 is 19.5 Å². The second-order valence-corrected chi connectivity index (χ2v) is 7.51. The fraction of sp³-hybridized carbons (Fsp3) is 0.812. The van der Waals surface area contributed by atoms with Gasteiger partial charge in [0.1, 0.15) is 11.7 Å². The summed E-state index contributed by atoms with van der Waals surface area (Å²) < 4.78 is 17.3. The maximum absolute atomic E-state index is 12.0. The molecule has 1 aliphatic heterocycles. The van der Waals surface area contributed by atoms with Crippen molar-refractivity contribution in [3.8, 4) is 0 Å². The minimum Gasteiger partial charge on any atom is -0.444 e. The van der Waals surface area contributed by atoms with Crippen LogP contribution in [0.5, 0.6) is 0 Å². The Morgan fingerprint density at radius 1 is 1.29 bits per heavy atom. The van der Waals surface area contributed by atoms with E-state index in [9.17, 15) is 4.79 Å². The molecule has 2 fully saturated rings. The molecule has 5 heteroatoms. The Kier molecular flexibility index (Phi) is 4.10. The lowest BCUT2D eigenvalue weighted by molar-refractivity contribution is -0.157. The average Bonchev–Trinajstić information content (AvgIpc) is 2.70. The largest absolute Gasteiger partial charge is 0.444 e. The minimum absolute atomic E-state index is 0.0579. The van der Waals surface area contributed by atoms with E-state index in [2.05, 4.69) is 11.9 Å². The third-order valence-corrected chi connectivity index (χ3v) is 3.80. The number of amides is 1. The van der Waals surface area contributed by atoms with Gasteiger partial charge in [0.25, 0.3) is 0 Å². The van der Waals surface area contributed by atoms with Gasteiger partial charge in [-0.15, -0.1) is 0 Å². The van der Waals surface area contributed by atoms with Crippen LogP contribution in [-0.4, -0.2) is 35.7 Å². The molecule has 1 unspecified atom stereocenters. The van der Waals surface area contributed by atoms with E-state index < -0.39 is 17.5 Å². The van der Waals surface area contributed by atoms with Crippen LogP contribution in [0.4, 0.5) is 4.79 Å². The predicted molar refractivity (Wildman–Crippen MR) is 79.9 cm³/mol. The summed E-state index contributed by atoms with van der Waals surface area (Å²) in [5, 5.41) is 2.92. The molecule has 2 aliphatic rings. The summed E-state index contributed by atoms with van der Waals surface area (Å²) in [4.78, 5) is 12.0. The molecule has 2 rings (SSSR count). The van der Waals surface area contributed by atoms with E-state index in [1.54, 1.807) is 0 Å². The lowest BCUT2D eigenvalue weighted by Crippen LogP contribution is -2.45. The summed E-state index contributed by atoms with van der Waals surface area (Å²) in [6, 6.07) is -0.117. The molecule has 0 aromatic heterocycles. The van der Waals surface area contributed by atoms with E-state index in [0.717, 1.165) is 12.0 Å². The second kappa shape index (κ2) is 5.29. The van der Waals surface area contributed by atoms with Gasteiger partial charge in [-0.3, -0.25) is 0 Å². The Hall–Kier alpha value is -1.07. The first-order valence-electron chi connectivity index (χ1n) is 7.49. The topological polar surface area (TPSA) is 56.8 Å². The fourth-order valence-corrected chi connectivity index (χ4v) is 3.06. The Labute approximate surface area is 127 Å². The lowest BCUT2D eigenvalue weighted by atomic mass is 9.98. The lowest BCUT2D eigenvalue weighted by Gasteiger charge is -2.25. The zero-order valence-corrected chi connectivity index (χ0v) is 13.9. The molecule has 5 nitrogen and oxygen atoms in total. The summed E-state index contributed by atoms with van der Waals surface area (Å²) in [6.45, 7) is 15.4. The van der Waals surface area contributed by atoms with Gasteiger partial charge in [0.2, 0.25) is 0 Å². The van der Waals surface area contributed by atoms with Crippen molar-refractivity contribution in [2.24, 2.45) is 5.92 Å². The molecular weight excluding hydrogens is 270 g/mol. The molecule has 0 aromatic rings. The highest BCUT2D eigenvalue weighted by atomic mass is 16.8. The van der Waals surface area contributed by atoms with Crippen molar-refractivity contribution in [3.63, 3.8) is 0 Å². The molecule has 21 heavy (non-hydrogen) atoms. The van der Waals surface area contributed by atoms with E-state index >= 15 is 0 Å². The van der Waals surface area contributed by atoms with Crippen molar-refractivity contribution in [2.75, 3.05) is 0 Å². The third kappa shape index (κ3) is 3.77. The number of alkyl carbamates (subject to hydrolysis) is 1. The maximum atomic E-state index is 12.0. The highest BCUT2D eigenvalue weighted by Crippen LogP contribution is 2.44. The first-order chi connectivity index (χ1) is 9.48. The number of fused-ring (bicyclic) bond motifs is 1. The minimum atomic E-state index is -0.628. The first kappa shape index (κ1) is 16.3. The normalized spacial score (nSPS) is 34.4. The van der Waals surface area contributed by atoms with Crippen LogP contribution in [0.2, 0.25) is 0 Å². The summed E-state index contributed by atoms with van der Waals surface area (Å²) in [6.07, 6.45) is 0.133. The van der Waals surface area contributed by atoms with Crippen molar-refractivity contribution in [3.05, 3.63) is 12.2 Å². The zero-order chi connectivity index (χ0) is 16.0. The highest BCUT2D eigenvalue weighted by molar-refractivity contribution is 5.68. The van der Waals surface area contributed by atoms with Crippen LogP contribution >= 0.6 is 0 Å². The molecule has 1 saturated carbocycles. The quantitative estimate of drug-likeness (QED) is 0.796. The monoisotopic (exact) mass is 297 g/mol. The zero-order valence-electron chi connectivity index (χ0n) is 13.9. The van der Waals surface area contributed by atoms with Crippen LogP contribution in [0, 0.1) is 5.92 Å². The van der Waals surface area contributed by atoms with E-state index in [-0.39, 0.29) is 24.2 Å². The van der Waals surface area contributed by atoms with Gasteiger partial charge in [-0.1, -0.05) is 12.2 Å². The van der Waals surface area contributed by atoms with Crippen molar-refractivity contribution in [1.82, 2.24) is 5.32 Å². The van der Waals surface area contributed by atoms with Crippen LogP contribution in [-0.2, 0) is 14.2 Å². The summed E-state index contributed by atoms with van der Waals surface area (Å²) in [5.41, 5.74) is 0.544. The summed E-state index contributed by atoms with van der Waals surface area (Å²) >= 11 is 0. The molecule has 0 radical (unpaired) electrons. The van der Waals surface area contributed by atoms with Gasteiger partial charge >= 0.3 is 6.09 Å². The van der Waals surface area contributed by atoms with E-state index in [1.165, 1.54) is 0 Å². The van der Waals surface area contributed by atoms with Crippen LogP contribution < -0.4 is 5.32 Å². The standard InChI is InChI=1S/C16H27NO4/c1-9(2)10-8-11(17-14(18)21-15(3,4)5)13-12(10)19-16(6,7)20-13/h10-13H,1,8H2,2-7H3,(H,17,18)/t10-,11?,12-,13+/m1/s1. The average molecular weight is 297 g/mol. The number of ether oxygens (including phenoxy) is 3. The SMILES string of the molecule is C=C(C)[C@H]1CC(NC(=O)OC(C)(C)C)[C@@H]2OC(C)(C)O[C@H]12. The molecule has 1 saturated heterocycles. The highest BCUT2D eigenvalue weighted by Gasteiger charge is 2.54. The molecule has 0 spiro atoms. The molecular formula is C16H27NO4. The van der Waals surface area contributed by atoms with Gasteiger partial charge in [-0.2, -0.15) is 0 Å². The van der Waals surface area contributed by atoms with E-state index in [1.807, 2.05) is 41.5 Å². The first-order valence-corrected chi connectivity index (χ1v) is 7.49. The Balaban J connectivity index is 2.07. The molecule has 120 valence electrons. The fourth-order valence-electron chi connectivity index (χ4n) is 3.06. The van der Waals surface area contributed by atoms with Crippen molar-refractivity contribution in [2.45, 2.75) is 77.6 Å². The van der Waals surface area contributed by atoms with E-state index in [0.29, 0.717) is 0 Å². The molecule has 4 atom stereocenters. The number of nitrogens with one attached hydrogen (secondary N) is 1. The molecule has 1 heterocycles. The molecule has 1 amide bonds. The number of rotatable bonds is 2. The number of carbonyl (C=O) groups excluding carboxylic acids is 1. The third-order valence-electron chi connectivity index (χ3n) is 3.80. The molecule has 1 N–H and O–H groups in total. The van der Waals surface area contributed by atoms with Crippen molar-refractivity contribution < 1.29 is 19.0 Å². The summed E-state index contributed by atoms with van der Waals surface area (Å²) in [5.74, 6) is -0.436. The van der Waals surface area contributed by atoms with E-state index in [4.69, 9.17) is 14.2 Å². The van der Waals surface area contributed by atoms with Crippen LogP contribution in [0.1, 0.15) is 48.0 Å². The van der Waals surface area contributed by atoms with Crippen LogP contribution in [0.25, 0.3) is 0 Å². The molecule has 0 aromatic carbocycles.